The summed E-state index contributed by atoms with van der Waals surface area (Å²) in [6.07, 6.45) is 2.34. The van der Waals surface area contributed by atoms with Crippen LogP contribution in [-0.2, 0) is 14.8 Å². The van der Waals surface area contributed by atoms with Gasteiger partial charge in [-0.2, -0.15) is 0 Å². The Hall–Kier alpha value is -2.13. The van der Waals surface area contributed by atoms with Crippen LogP contribution in [0.5, 0.6) is 0 Å². The van der Waals surface area contributed by atoms with E-state index < -0.39 is 10.0 Å². The lowest BCUT2D eigenvalue weighted by atomic mass is 9.95. The van der Waals surface area contributed by atoms with Gasteiger partial charge in [0.2, 0.25) is 15.9 Å². The molecule has 1 saturated heterocycles. The molecule has 1 heterocycles. The van der Waals surface area contributed by atoms with E-state index in [2.05, 4.69) is 19.9 Å². The molecule has 4 N–H and O–H groups in total. The van der Waals surface area contributed by atoms with Gasteiger partial charge in [-0.15, -0.1) is 0 Å². The van der Waals surface area contributed by atoms with Crippen LogP contribution in [0.3, 0.4) is 0 Å². The zero-order chi connectivity index (χ0) is 20.6. The van der Waals surface area contributed by atoms with Crippen molar-refractivity contribution in [2.24, 2.45) is 16.6 Å². The van der Waals surface area contributed by atoms with E-state index in [1.54, 1.807) is 24.3 Å². The minimum absolute atomic E-state index is 0.212. The molecule has 2 rings (SSSR count). The Kier molecular flexibility index (Phi) is 8.25. The summed E-state index contributed by atoms with van der Waals surface area (Å²) in [6, 6.07) is 6.74. The van der Waals surface area contributed by atoms with Crippen molar-refractivity contribution in [1.82, 2.24) is 14.9 Å². The van der Waals surface area contributed by atoms with Crippen LogP contribution in [0.1, 0.15) is 31.7 Å². The predicted molar refractivity (Wildman–Crippen MR) is 110 cm³/mol. The second kappa shape index (κ2) is 10.4. The van der Waals surface area contributed by atoms with Crippen molar-refractivity contribution in [3.05, 3.63) is 29.8 Å². The maximum Gasteiger partial charge on any atom is 0.240 e. The van der Waals surface area contributed by atoms with Gasteiger partial charge in [0.1, 0.15) is 0 Å². The number of nitrogens with two attached hydrogens (primary N) is 1. The van der Waals surface area contributed by atoms with Crippen molar-refractivity contribution >= 4 is 21.9 Å². The molecule has 1 amide bonds. The van der Waals surface area contributed by atoms with Crippen LogP contribution in [0.25, 0.3) is 0 Å². The van der Waals surface area contributed by atoms with Gasteiger partial charge in [-0.25, -0.2) is 13.1 Å². The van der Waals surface area contributed by atoms with E-state index in [0.717, 1.165) is 37.5 Å². The summed E-state index contributed by atoms with van der Waals surface area (Å²) in [5.74, 6) is 0.695. The summed E-state index contributed by atoms with van der Waals surface area (Å²) in [4.78, 5) is 18.1. The third-order valence-corrected chi connectivity index (χ3v) is 6.12. The van der Waals surface area contributed by atoms with Gasteiger partial charge in [-0.3, -0.25) is 9.79 Å². The normalized spacial score (nSPS) is 18.1. The molecule has 156 valence electrons. The highest BCUT2D eigenvalue weighted by Crippen LogP contribution is 2.19. The molecular weight excluding hydrogens is 378 g/mol. The van der Waals surface area contributed by atoms with E-state index in [0.29, 0.717) is 19.5 Å². The lowest BCUT2D eigenvalue weighted by molar-refractivity contribution is -0.119. The second-order valence-electron chi connectivity index (χ2n) is 7.07. The number of carbonyl (C=O) groups excluding carboxylic acids is 1. The topological polar surface area (TPSA) is 117 Å². The van der Waals surface area contributed by atoms with Crippen LogP contribution in [0, 0.1) is 12.8 Å². The first-order chi connectivity index (χ1) is 13.3. The fraction of sp³-hybridized carbons (Fsp3) is 0.579. The van der Waals surface area contributed by atoms with E-state index in [1.807, 2.05) is 13.8 Å². The molecule has 1 aliphatic heterocycles. The maximum absolute atomic E-state index is 12.3. The number of likely N-dealkylation sites (tertiary alicyclic amines) is 1. The van der Waals surface area contributed by atoms with Gasteiger partial charge in [-0.1, -0.05) is 17.7 Å². The molecule has 0 aromatic heterocycles. The SMILES string of the molecule is CCNC(=NCCNS(=O)(=O)c1ccc(C)cc1)N1CCCC(CC(N)=O)C1. The zero-order valence-corrected chi connectivity index (χ0v) is 17.5. The van der Waals surface area contributed by atoms with E-state index in [-0.39, 0.29) is 23.3 Å². The molecule has 1 aliphatic rings. The monoisotopic (exact) mass is 409 g/mol. The number of benzene rings is 1. The summed E-state index contributed by atoms with van der Waals surface area (Å²) >= 11 is 0. The van der Waals surface area contributed by atoms with Gasteiger partial charge in [0.25, 0.3) is 0 Å². The highest BCUT2D eigenvalue weighted by Gasteiger charge is 2.23. The summed E-state index contributed by atoms with van der Waals surface area (Å²) in [7, 11) is -3.54. The second-order valence-corrected chi connectivity index (χ2v) is 8.84. The Morgan fingerprint density at radius 1 is 1.32 bits per heavy atom. The average Bonchev–Trinajstić information content (AvgIpc) is 2.64. The van der Waals surface area contributed by atoms with Gasteiger partial charge >= 0.3 is 0 Å². The quantitative estimate of drug-likeness (QED) is 0.334. The standard InChI is InChI=1S/C19H31N5O3S/c1-3-21-19(24-12-4-5-16(14-24)13-18(20)25)22-10-11-23-28(26,27)17-8-6-15(2)7-9-17/h6-9,16,23H,3-5,10-14H2,1-2H3,(H2,20,25)(H,21,22). The molecule has 1 aromatic carbocycles. The van der Waals surface area contributed by atoms with Crippen LogP contribution in [-0.4, -0.2) is 57.9 Å². The maximum atomic E-state index is 12.3. The van der Waals surface area contributed by atoms with Gasteiger partial charge in [0.15, 0.2) is 5.96 Å². The lowest BCUT2D eigenvalue weighted by Gasteiger charge is -2.34. The first-order valence-electron chi connectivity index (χ1n) is 9.69. The molecule has 8 nitrogen and oxygen atoms in total. The number of sulfonamides is 1. The minimum atomic E-state index is -3.54. The lowest BCUT2D eigenvalue weighted by Crippen LogP contribution is -2.47. The summed E-state index contributed by atoms with van der Waals surface area (Å²) in [5.41, 5.74) is 6.34. The van der Waals surface area contributed by atoms with Gasteiger partial charge in [0, 0.05) is 32.6 Å². The van der Waals surface area contributed by atoms with E-state index in [1.165, 1.54) is 0 Å². The van der Waals surface area contributed by atoms with Crippen molar-refractivity contribution in [2.75, 3.05) is 32.7 Å². The number of aryl methyl sites for hydroxylation is 1. The van der Waals surface area contributed by atoms with E-state index in [9.17, 15) is 13.2 Å². The third-order valence-electron chi connectivity index (χ3n) is 4.64. The molecule has 1 unspecified atom stereocenters. The Morgan fingerprint density at radius 3 is 2.68 bits per heavy atom. The number of aliphatic imine (C=N–C) groups is 1. The molecule has 0 spiro atoms. The fourth-order valence-corrected chi connectivity index (χ4v) is 4.30. The molecule has 1 atom stereocenters. The van der Waals surface area contributed by atoms with Gasteiger partial charge in [-0.05, 0) is 44.7 Å². The predicted octanol–water partition coefficient (Wildman–Crippen LogP) is 0.826. The van der Waals surface area contributed by atoms with Gasteiger partial charge < -0.3 is 16.0 Å². The minimum Gasteiger partial charge on any atom is -0.370 e. The molecule has 0 bridgehead atoms. The summed E-state index contributed by atoms with van der Waals surface area (Å²) in [6.45, 7) is 6.73. The number of nitrogens with zero attached hydrogens (tertiary/aromatic N) is 2. The molecule has 1 aromatic rings. The Bertz CT molecular complexity index is 777. The van der Waals surface area contributed by atoms with E-state index >= 15 is 0 Å². The van der Waals surface area contributed by atoms with Crippen molar-refractivity contribution in [2.45, 2.75) is 38.0 Å². The van der Waals surface area contributed by atoms with Crippen LogP contribution in [0.4, 0.5) is 0 Å². The van der Waals surface area contributed by atoms with Crippen LogP contribution >= 0.6 is 0 Å². The highest BCUT2D eigenvalue weighted by molar-refractivity contribution is 7.89. The molecule has 0 radical (unpaired) electrons. The van der Waals surface area contributed by atoms with Crippen molar-refractivity contribution < 1.29 is 13.2 Å². The molecular formula is C19H31N5O3S. The summed E-state index contributed by atoms with van der Waals surface area (Å²) in [5, 5.41) is 3.24. The highest BCUT2D eigenvalue weighted by atomic mass is 32.2. The number of hydrogen-bond acceptors (Lipinski definition) is 4. The van der Waals surface area contributed by atoms with Crippen LogP contribution < -0.4 is 15.8 Å². The number of hydrogen-bond donors (Lipinski definition) is 3. The largest absolute Gasteiger partial charge is 0.370 e. The Labute approximate surface area is 167 Å². The average molecular weight is 410 g/mol. The number of nitrogens with one attached hydrogen (secondary N) is 2. The first kappa shape index (κ1) is 22.2. The number of rotatable bonds is 8. The molecule has 1 fully saturated rings. The number of piperidine rings is 1. The molecule has 9 heteroatoms. The Balaban J connectivity index is 1.93. The van der Waals surface area contributed by atoms with Crippen LogP contribution in [0.15, 0.2) is 34.2 Å². The number of primary amides is 1. The molecule has 28 heavy (non-hydrogen) atoms. The number of carbonyl (C=O) groups is 1. The van der Waals surface area contributed by atoms with Crippen LogP contribution in [0.2, 0.25) is 0 Å². The summed E-state index contributed by atoms with van der Waals surface area (Å²) < 4.78 is 27.3. The van der Waals surface area contributed by atoms with Gasteiger partial charge in [0.05, 0.1) is 11.4 Å². The number of guanidine groups is 1. The Morgan fingerprint density at radius 2 is 2.04 bits per heavy atom. The van der Waals surface area contributed by atoms with E-state index in [4.69, 9.17) is 5.73 Å². The zero-order valence-electron chi connectivity index (χ0n) is 16.6. The fourth-order valence-electron chi connectivity index (χ4n) is 3.28. The first-order valence-corrected chi connectivity index (χ1v) is 11.2. The third kappa shape index (κ3) is 6.79. The number of amides is 1. The van der Waals surface area contributed by atoms with Crippen molar-refractivity contribution in [3.8, 4) is 0 Å². The smallest absolute Gasteiger partial charge is 0.240 e. The van der Waals surface area contributed by atoms with Crippen molar-refractivity contribution in [3.63, 3.8) is 0 Å². The van der Waals surface area contributed by atoms with Crippen molar-refractivity contribution in [1.29, 1.82) is 0 Å². The molecule has 0 saturated carbocycles. The molecule has 0 aliphatic carbocycles.